The summed E-state index contributed by atoms with van der Waals surface area (Å²) in [6, 6.07) is 11.8. The lowest BCUT2D eigenvalue weighted by molar-refractivity contribution is -0.162. The van der Waals surface area contributed by atoms with E-state index in [9.17, 15) is 0 Å². The molecule has 2 unspecified atom stereocenters. The third kappa shape index (κ3) is 1.45. The van der Waals surface area contributed by atoms with E-state index >= 15 is 0 Å². The van der Waals surface area contributed by atoms with Crippen LogP contribution >= 0.6 is 0 Å². The zero-order valence-corrected chi connectivity index (χ0v) is 37.1. The summed E-state index contributed by atoms with van der Waals surface area (Å²) in [5.74, 6) is -0.0607. The van der Waals surface area contributed by atoms with Crippen molar-refractivity contribution in [1.82, 2.24) is 0 Å². The van der Waals surface area contributed by atoms with Crippen LogP contribution in [-0.2, 0) is 20.5 Å². The Morgan fingerprint density at radius 2 is 0.500 bits per heavy atom. The zero-order valence-electron chi connectivity index (χ0n) is 37.1. The molecule has 29 aromatic rings. The average Bonchev–Trinajstić information content (AvgIpc) is 4.36. The highest BCUT2D eigenvalue weighted by molar-refractivity contribution is 6.82. The first-order chi connectivity index (χ1) is 35.9. The van der Waals surface area contributed by atoms with Crippen LogP contribution in [0.3, 0.4) is 0 Å². The number of benzene rings is 19. The highest BCUT2D eigenvalue weighted by atomic mass is 16.7. The first kappa shape index (κ1) is 27.3. The maximum Gasteiger partial charge on any atom is 0.167 e. The summed E-state index contributed by atoms with van der Waals surface area (Å²) >= 11 is 0. The van der Waals surface area contributed by atoms with Crippen molar-refractivity contribution in [2.24, 2.45) is 0 Å². The van der Waals surface area contributed by atoms with Gasteiger partial charge in [0.2, 0.25) is 0 Å². The SMILES string of the molecule is CCOC1OC23c4c5c6c7c8c9c(c%10c%11c2c2c4c4c%12c5c5c6c6c8c8c%13c9c9c%10c%10c%11c%11c2c2c4c4c%12c%12c5c5c6c8c6c8c%13c9c9c%10c%10c%11c2c2c4c4c%12c5c6c5c8c9c%10c2c45)C73C1c1ccccc1. The maximum absolute atomic E-state index is 8.73. The molecule has 1 saturated heterocycles. The Morgan fingerprint density at radius 3 is 0.722 bits per heavy atom. The van der Waals surface area contributed by atoms with Gasteiger partial charge in [0.05, 0.1) is 11.3 Å². The Kier molecular flexibility index (Phi) is 2.38. The smallest absolute Gasteiger partial charge is 0.167 e. The summed E-state index contributed by atoms with van der Waals surface area (Å²) < 4.78 is 16.1. The molecule has 5 aliphatic rings. The summed E-state index contributed by atoms with van der Waals surface area (Å²) in [4.78, 5) is 0. The van der Waals surface area contributed by atoms with E-state index in [0.717, 1.165) is 0 Å². The van der Waals surface area contributed by atoms with Gasteiger partial charge in [0.15, 0.2) is 6.29 Å². The second kappa shape index (κ2) is 6.27. The molecule has 0 radical (unpaired) electrons. The van der Waals surface area contributed by atoms with Gasteiger partial charge in [-0.3, -0.25) is 0 Å². The molecule has 2 heteroatoms. The Balaban J connectivity index is 1.16. The summed E-state index contributed by atoms with van der Waals surface area (Å²) in [6.07, 6.45) is -0.433. The normalized spacial score (nSPS) is 24.3. The van der Waals surface area contributed by atoms with Gasteiger partial charge in [0.1, 0.15) is 5.60 Å². The second-order valence-electron chi connectivity index (χ2n) is 26.1. The minimum Gasteiger partial charge on any atom is -0.352 e. The summed E-state index contributed by atoms with van der Waals surface area (Å²) in [5, 5.41) is 87.4. The van der Waals surface area contributed by atoms with E-state index in [2.05, 4.69) is 37.3 Å². The summed E-state index contributed by atoms with van der Waals surface area (Å²) in [6.45, 7) is 2.83. The topological polar surface area (TPSA) is 18.5 Å². The average molecular weight is 885 g/mol. The largest absolute Gasteiger partial charge is 0.352 e. The van der Waals surface area contributed by atoms with Crippen molar-refractivity contribution in [2.75, 3.05) is 6.61 Å². The van der Waals surface area contributed by atoms with Crippen LogP contribution in [0.5, 0.6) is 0 Å². The number of hydrogen-bond acceptors (Lipinski definition) is 2. The van der Waals surface area contributed by atoms with Crippen LogP contribution in [0, 0.1) is 0 Å². The van der Waals surface area contributed by atoms with Crippen LogP contribution in [0.25, 0.3) is 291 Å². The van der Waals surface area contributed by atoms with Gasteiger partial charge in [-0.05, 0) is 314 Å². The van der Waals surface area contributed by atoms with Crippen molar-refractivity contribution in [3.63, 3.8) is 0 Å². The molecule has 2 nitrogen and oxygen atoms in total. The molecule has 0 bridgehead atoms. The molecule has 0 amide bonds. The van der Waals surface area contributed by atoms with Gasteiger partial charge in [-0.25, -0.2) is 0 Å². The quantitative estimate of drug-likeness (QED) is 0.165. The van der Waals surface area contributed by atoms with Gasteiger partial charge >= 0.3 is 0 Å². The molecule has 1 aliphatic heterocycles. The Bertz CT molecular complexity index is 7220. The Labute approximate surface area is 393 Å². The zero-order chi connectivity index (χ0) is 42.9. The molecule has 304 valence electrons. The van der Waals surface area contributed by atoms with Gasteiger partial charge in [0.25, 0.3) is 0 Å². The molecule has 2 atom stereocenters. The van der Waals surface area contributed by atoms with Gasteiger partial charge < -0.3 is 9.47 Å². The van der Waals surface area contributed by atoms with Crippen molar-refractivity contribution in [3.8, 4) is 0 Å². The van der Waals surface area contributed by atoms with E-state index in [1.165, 1.54) is 5.56 Å². The molecule has 0 saturated carbocycles. The van der Waals surface area contributed by atoms with Gasteiger partial charge in [-0.15, -0.1) is 0 Å². The fourth-order valence-electron chi connectivity index (χ4n) is 25.8. The van der Waals surface area contributed by atoms with E-state index in [1.807, 2.05) is 0 Å². The number of rotatable bonds is 3. The summed E-state index contributed by atoms with van der Waals surface area (Å²) in [5.41, 5.74) is 6.38. The van der Waals surface area contributed by atoms with E-state index < -0.39 is 17.3 Å². The fraction of sp³-hybridized carbons (Fsp3) is 0.0857. The van der Waals surface area contributed by atoms with Crippen LogP contribution in [-0.4, -0.2) is 12.9 Å². The lowest BCUT2D eigenvalue weighted by Gasteiger charge is -2.50. The maximum atomic E-state index is 8.73. The summed E-state index contributed by atoms with van der Waals surface area (Å²) in [7, 11) is 0. The third-order valence-electron chi connectivity index (χ3n) is 25.8. The first-order valence-electron chi connectivity index (χ1n) is 27.0. The van der Waals surface area contributed by atoms with E-state index in [0.29, 0.717) is 6.61 Å². The fourth-order valence-corrected chi connectivity index (χ4v) is 25.8. The minimum atomic E-state index is -0.779. The minimum absolute atomic E-state index is 0.0607. The molecule has 1 heterocycles. The van der Waals surface area contributed by atoms with E-state index in [1.54, 1.807) is 313 Å². The monoisotopic (exact) mass is 884 g/mol. The molecule has 1 fully saturated rings. The molecular weight excluding hydrogens is 873 g/mol. The molecule has 0 N–H and O–H groups in total. The second-order valence-corrected chi connectivity index (χ2v) is 26.1. The van der Waals surface area contributed by atoms with Crippen molar-refractivity contribution >= 4 is 291 Å². The van der Waals surface area contributed by atoms with E-state index in [-0.39, 0.29) is 5.92 Å². The van der Waals surface area contributed by atoms with Crippen LogP contribution < -0.4 is 0 Å². The molecule has 2 spiro atoms. The standard InChI is InChI=1S/C70H12O2/c1-2-71-68-63(8-6-4-3-5-7-8)69-64-55-47-37-27-19-11-9-10-13-17-15(11)23-31-25(17)35-29-21(13)22-14(10)18-16-12(9)20(19)28-34-24(16)32-26(18)36-30(22)40-39(29)51-45(35)53-43(31)49(41(47)33(23)27)57(64)59(53)66-61(51)62-52(40)46(36)54-44(32)50-42(34)48(38(28)37)56(55)65(69)58(50)60(54)67(62)70(66,69)72-68/h3-7,63,68H,2H2,1H3. The first-order valence-corrected chi connectivity index (χ1v) is 27.0. The lowest BCUT2D eigenvalue weighted by Crippen LogP contribution is -2.51. The van der Waals surface area contributed by atoms with E-state index in [4.69, 9.17) is 9.47 Å². The molecule has 72 heavy (non-hydrogen) atoms. The van der Waals surface area contributed by atoms with Gasteiger partial charge in [-0.1, -0.05) is 30.3 Å². The molecule has 4 aliphatic carbocycles. The lowest BCUT2D eigenvalue weighted by atomic mass is 9.50. The highest BCUT2D eigenvalue weighted by Gasteiger charge is 2.78. The van der Waals surface area contributed by atoms with Gasteiger partial charge in [0, 0.05) is 17.7 Å². The molecule has 34 rings (SSSR count). The predicted molar refractivity (Wildman–Crippen MR) is 300 cm³/mol. The predicted octanol–water partition coefficient (Wildman–Crippen LogP) is 18.4. The molecule has 0 aromatic heterocycles. The number of ether oxygens (including phenoxy) is 2. The molecular formula is C70H12O2. The molecule has 29 aromatic carbocycles. The van der Waals surface area contributed by atoms with Crippen LogP contribution in [0.4, 0.5) is 0 Å². The van der Waals surface area contributed by atoms with Crippen LogP contribution in [0.2, 0.25) is 0 Å². The van der Waals surface area contributed by atoms with Crippen molar-refractivity contribution in [1.29, 1.82) is 0 Å². The van der Waals surface area contributed by atoms with Crippen LogP contribution in [0.15, 0.2) is 30.3 Å². The third-order valence-corrected chi connectivity index (χ3v) is 25.8. The van der Waals surface area contributed by atoms with Crippen molar-refractivity contribution < 1.29 is 9.47 Å². The van der Waals surface area contributed by atoms with Gasteiger partial charge in [-0.2, -0.15) is 0 Å². The van der Waals surface area contributed by atoms with Crippen molar-refractivity contribution in [3.05, 3.63) is 58.1 Å². The Morgan fingerprint density at radius 1 is 0.292 bits per heavy atom. The van der Waals surface area contributed by atoms with Crippen molar-refractivity contribution in [2.45, 2.75) is 30.1 Å². The Hall–Kier alpha value is -8.40. The number of hydrogen-bond donors (Lipinski definition) is 0. The highest BCUT2D eigenvalue weighted by Crippen LogP contribution is 2.87. The van der Waals surface area contributed by atoms with Crippen LogP contribution in [0.1, 0.15) is 40.7 Å².